The number of thiazole rings is 2. The molecule has 730 valence electrons. The summed E-state index contributed by atoms with van der Waals surface area (Å²) < 4.78 is 85.0. The first-order valence-electron chi connectivity index (χ1n) is 48.1. The highest BCUT2D eigenvalue weighted by atomic mass is 32.1. The molecule has 5 fully saturated rings. The molecule has 4 aromatic heterocycles. The monoisotopic (exact) mass is 1940 g/mol. The average molecular weight is 1940 g/mol. The summed E-state index contributed by atoms with van der Waals surface area (Å²) in [5.74, 6) is -1.30. The zero-order chi connectivity index (χ0) is 98.1. The lowest BCUT2D eigenvalue weighted by molar-refractivity contribution is -0.134. The maximum atomic E-state index is 17.0. The number of fused-ring (bicyclic) bond motifs is 10. The smallest absolute Gasteiger partial charge is 0.407 e. The number of allylic oxidation sites excluding steroid dienone is 4. The van der Waals surface area contributed by atoms with Crippen molar-refractivity contribution in [3.8, 4) is 44.6 Å². The van der Waals surface area contributed by atoms with Crippen LogP contribution in [0.25, 0.3) is 77.2 Å². The van der Waals surface area contributed by atoms with Crippen LogP contribution < -0.4 is 30.7 Å². The van der Waals surface area contributed by atoms with Crippen LogP contribution in [-0.2, 0) is 38.1 Å². The molecule has 1 aliphatic carbocycles. The number of hydrogen-bond acceptors (Lipinski definition) is 22. The van der Waals surface area contributed by atoms with Gasteiger partial charge in [0.05, 0.1) is 101 Å². The summed E-state index contributed by atoms with van der Waals surface area (Å²) in [6.07, 6.45) is 17.4. The van der Waals surface area contributed by atoms with E-state index in [1.807, 2.05) is 130 Å². The zero-order valence-electron chi connectivity index (χ0n) is 80.1. The normalized spacial score (nSPS) is 20.9. The summed E-state index contributed by atoms with van der Waals surface area (Å²) in [5.41, 5.74) is 14.6. The molecule has 10 atom stereocenters. The second-order valence-electron chi connectivity index (χ2n) is 38.9. The minimum atomic E-state index is -0.768. The van der Waals surface area contributed by atoms with Crippen LogP contribution in [0, 0.1) is 41.1 Å². The summed E-state index contributed by atoms with van der Waals surface area (Å²) in [6.45, 7) is 17.3. The van der Waals surface area contributed by atoms with Crippen molar-refractivity contribution in [1.29, 1.82) is 0 Å². The Balaban J connectivity index is 0.000000179. The molecular weight excluding hydrogens is 1830 g/mol. The fourth-order valence-corrected chi connectivity index (χ4v) is 23.1. The molecule has 4 saturated heterocycles. The first-order valence-corrected chi connectivity index (χ1v) is 49.8. The Morgan fingerprint density at radius 1 is 0.393 bits per heavy atom. The lowest BCUT2D eigenvalue weighted by Gasteiger charge is -2.31. The Hall–Kier alpha value is -13.6. The van der Waals surface area contributed by atoms with Crippen LogP contribution in [0.2, 0.25) is 0 Å². The number of benzene rings is 5. The van der Waals surface area contributed by atoms with E-state index in [-0.39, 0.29) is 77.3 Å². The van der Waals surface area contributed by atoms with Crippen molar-refractivity contribution in [3.05, 3.63) is 189 Å². The minimum Gasteiger partial charge on any atom is -0.464 e. The van der Waals surface area contributed by atoms with Crippen molar-refractivity contribution in [3.63, 3.8) is 0 Å². The Labute approximate surface area is 816 Å². The maximum absolute atomic E-state index is 17.0. The SMILES string of the molecule is COC(=O)N[C@H](C(=O)N1CCC[C@H]1C1=NC=C(c2cc(F)c3c(c2)OC(c2cnc(-c4ccc(F)cc4)s2)n2c-3cc3cc(C4=CN=C([C@@H]5CCCN5C(=O)[C@@H](NC(=O)OC)C(C)C)C4)ccc32)C1)C(C)C.COC(=O)N[C@H](C(=O)N1CCC[C@H]1C1=NC=C(c2cc(F)c3c(c2)OC(c2cnc(C4CC4)s2)n2c-3cc3cc(C4=CN=C([C@@H]5CCCN5C(=O)[C@@H](NC(=O)OC)C(C)C)C4)ccc32)C1)C(C)C. The summed E-state index contributed by atoms with van der Waals surface area (Å²) in [6, 6.07) is 25.5. The van der Waals surface area contributed by atoms with Gasteiger partial charge in [-0.05, 0) is 217 Å². The predicted molar refractivity (Wildman–Crippen MR) is 530 cm³/mol. The molecule has 2 unspecified atom stereocenters. The number of ether oxygens (including phenoxy) is 6. The number of amides is 8. The van der Waals surface area contributed by atoms with E-state index in [2.05, 4.69) is 50.1 Å². The molecule has 5 aromatic carbocycles. The predicted octanol–water partition coefficient (Wildman–Crippen LogP) is 18.6. The molecule has 0 bridgehead atoms. The number of rotatable bonds is 24. The molecule has 9 aromatic rings. The van der Waals surface area contributed by atoms with Crippen LogP contribution >= 0.6 is 22.7 Å². The number of likely N-dealkylation sites (tertiary alicyclic amines) is 4. The third kappa shape index (κ3) is 18.6. The summed E-state index contributed by atoms with van der Waals surface area (Å²) in [5, 5.41) is 14.4. The number of methoxy groups -OCH3 is 4. The van der Waals surface area contributed by atoms with Crippen LogP contribution in [0.5, 0.6) is 11.5 Å². The van der Waals surface area contributed by atoms with E-state index >= 15 is 8.78 Å². The molecule has 0 radical (unpaired) electrons. The van der Waals surface area contributed by atoms with E-state index in [0.29, 0.717) is 114 Å². The number of carbonyl (C=O) groups excluding carboxylic acids is 8. The first kappa shape index (κ1) is 95.4. The molecule has 30 nitrogen and oxygen atoms in total. The van der Waals surface area contributed by atoms with Crippen molar-refractivity contribution in [1.82, 2.24) is 60.0 Å². The summed E-state index contributed by atoms with van der Waals surface area (Å²) in [7, 11) is 5.11. The van der Waals surface area contributed by atoms with Gasteiger partial charge in [0.2, 0.25) is 36.1 Å². The molecule has 35 heteroatoms. The number of carbonyl (C=O) groups is 8. The Bertz CT molecular complexity index is 6750. The van der Waals surface area contributed by atoms with Crippen molar-refractivity contribution >= 4 is 138 Å². The number of nitrogens with one attached hydrogen (secondary N) is 4. The van der Waals surface area contributed by atoms with Gasteiger partial charge in [-0.25, -0.2) is 42.3 Å². The molecule has 20 rings (SSSR count). The highest BCUT2D eigenvalue weighted by Crippen LogP contribution is 2.53. The van der Waals surface area contributed by atoms with E-state index in [9.17, 15) is 42.7 Å². The van der Waals surface area contributed by atoms with Crippen LogP contribution in [-0.4, -0.2) is 213 Å². The second kappa shape index (κ2) is 39.6. The third-order valence-corrected chi connectivity index (χ3v) is 30.8. The molecular formula is C105H113F3N16O14S2. The van der Waals surface area contributed by atoms with Crippen molar-refractivity contribution in [2.24, 2.45) is 43.6 Å². The van der Waals surface area contributed by atoms with E-state index in [4.69, 9.17) is 58.4 Å². The zero-order valence-corrected chi connectivity index (χ0v) is 81.8. The van der Waals surface area contributed by atoms with E-state index in [1.54, 1.807) is 53.0 Å². The molecule has 140 heavy (non-hydrogen) atoms. The number of hydrogen-bond donors (Lipinski definition) is 4. The Morgan fingerprint density at radius 3 is 1.06 bits per heavy atom. The average Bonchev–Trinajstić information content (AvgIpc) is 1.56. The maximum Gasteiger partial charge on any atom is 0.407 e. The Kier molecular flexibility index (Phi) is 27.0. The van der Waals surface area contributed by atoms with Gasteiger partial charge < -0.3 is 69.3 Å². The highest BCUT2D eigenvalue weighted by molar-refractivity contribution is 7.15. The molecule has 1 saturated carbocycles. The summed E-state index contributed by atoms with van der Waals surface area (Å²) >= 11 is 3.05. The third-order valence-electron chi connectivity index (χ3n) is 28.6. The number of aromatic nitrogens is 4. The van der Waals surface area contributed by atoms with Crippen molar-refractivity contribution in [2.45, 2.75) is 212 Å². The molecule has 10 aliphatic heterocycles. The van der Waals surface area contributed by atoms with Gasteiger partial charge in [-0.3, -0.25) is 48.3 Å². The van der Waals surface area contributed by atoms with E-state index in [1.165, 1.54) is 58.0 Å². The lowest BCUT2D eigenvalue weighted by Crippen LogP contribution is -2.53. The van der Waals surface area contributed by atoms with E-state index < -0.39 is 72.6 Å². The number of aliphatic imine (C=N–C) groups is 4. The van der Waals surface area contributed by atoms with Gasteiger partial charge in [0, 0.05) is 134 Å². The largest absolute Gasteiger partial charge is 0.464 e. The van der Waals surface area contributed by atoms with Crippen LogP contribution in [0.3, 0.4) is 0 Å². The molecule has 11 aliphatic rings. The standard InChI is InChI=1S/C54H56F2N8O7S.C51H57FN8O7S/c1-28(2)47(60-53(67)69-5)50(65)62-17-7-9-41(62)38-21-34(25-57-38)31-13-16-40-33(19-31)23-43-46-37(56)20-32(24-44(46)71-52(64(40)43)45-27-59-49(72-45)30-11-14-36(55)15-12-30)35-22-39(58-26-35)42-10-8-18-63(42)51(66)48(29(3)4)61-54(68)70-6;1-26(2)44(56-50(63)65-5)47(61)58-15-7-9-38(58)35-19-32(23-53-35)29-13-14-37-31(17-29)21-40-43-34(52)18-30(22-41(43)67-49(60(37)40)42-25-55-46(68-42)28-11-12-28)33-20-36(54-24-33)39-10-8-16-59(39)48(62)45(27(3)4)57-51(64)66-6/h11-16,19-20,23-29,41-42,47-48,52H,7-10,17-18,21-22H2,1-6H3,(H,60,67)(H,61,68);13-14,17-18,21-28,38-39,44-45,49H,7-12,15-16,19-20H2,1-6H3,(H,56,63)(H,57,64)/t41-,42-,47-,48-,52?;38-,39-,44-,45-,49?/m00/s1. The van der Waals surface area contributed by atoms with Crippen LogP contribution in [0.15, 0.2) is 154 Å². The van der Waals surface area contributed by atoms with Gasteiger partial charge in [-0.1, -0.05) is 67.5 Å². The van der Waals surface area contributed by atoms with Gasteiger partial charge in [0.1, 0.15) is 58.1 Å². The molecule has 8 amide bonds. The van der Waals surface area contributed by atoms with Crippen LogP contribution in [0.1, 0.15) is 201 Å². The van der Waals surface area contributed by atoms with Crippen molar-refractivity contribution < 1.29 is 79.9 Å². The van der Waals surface area contributed by atoms with Gasteiger partial charge in [-0.2, -0.15) is 0 Å². The van der Waals surface area contributed by atoms with Gasteiger partial charge >= 0.3 is 24.4 Å². The fraction of sp³-hybridized carbons (Fsp3) is 0.429. The second-order valence-corrected chi connectivity index (χ2v) is 41.1. The summed E-state index contributed by atoms with van der Waals surface area (Å²) in [4.78, 5) is 142. The van der Waals surface area contributed by atoms with Gasteiger partial charge in [0.15, 0.2) is 0 Å². The molecule has 4 N–H and O–H groups in total. The van der Waals surface area contributed by atoms with Crippen molar-refractivity contribution in [2.75, 3.05) is 54.6 Å². The van der Waals surface area contributed by atoms with Gasteiger partial charge in [-0.15, -0.1) is 22.7 Å². The molecule has 14 heterocycles. The number of alkyl carbamates (subject to hydrolysis) is 4. The first-order chi connectivity index (χ1) is 67.5. The Morgan fingerprint density at radius 2 is 0.721 bits per heavy atom. The number of halogens is 3. The van der Waals surface area contributed by atoms with Gasteiger partial charge in [0.25, 0.3) is 0 Å². The lowest BCUT2D eigenvalue weighted by atomic mass is 9.95. The topological polar surface area (TPSA) is 338 Å². The quantitative estimate of drug-likeness (QED) is 0.0408. The minimum absolute atomic E-state index is 0.130. The van der Waals surface area contributed by atoms with Crippen LogP contribution in [0.4, 0.5) is 32.3 Å². The fourth-order valence-electron chi connectivity index (χ4n) is 21.1. The highest BCUT2D eigenvalue weighted by Gasteiger charge is 2.46. The van der Waals surface area contributed by atoms with E-state index in [0.717, 1.165) is 156 Å². The number of nitrogens with zero attached hydrogens (tertiary/aromatic N) is 12. The molecule has 0 spiro atoms.